The fourth-order valence-electron chi connectivity index (χ4n) is 8.40. The van der Waals surface area contributed by atoms with E-state index in [2.05, 4.69) is 53.1 Å². The Morgan fingerprint density at radius 3 is 1.93 bits per heavy atom. The summed E-state index contributed by atoms with van der Waals surface area (Å²) in [5.41, 5.74) is 1.02. The molecule has 0 aliphatic heterocycles. The third kappa shape index (κ3) is 4.21. The number of rotatable bonds is 4. The lowest BCUT2D eigenvalue weighted by molar-refractivity contribution is -0.130. The largest absolute Gasteiger partial charge is 0.415 e. The van der Waals surface area contributed by atoms with Gasteiger partial charge in [0.1, 0.15) is 0 Å². The molecule has 0 aromatic carbocycles. The molecule has 0 N–H and O–H groups in total. The molecule has 4 heteroatoms. The van der Waals surface area contributed by atoms with Gasteiger partial charge >= 0.3 is 0 Å². The average molecular weight is 437 g/mol. The monoisotopic (exact) mass is 436 g/mol. The van der Waals surface area contributed by atoms with E-state index >= 15 is 0 Å². The lowest BCUT2D eigenvalue weighted by Crippen LogP contribution is -2.55. The van der Waals surface area contributed by atoms with E-state index < -0.39 is 16.6 Å². The first-order valence-electron chi connectivity index (χ1n) is 12.7. The van der Waals surface area contributed by atoms with Gasteiger partial charge in [-0.15, -0.1) is 0 Å². The molecule has 4 rings (SSSR count). The maximum atomic E-state index is 6.77. The first-order valence-corrected chi connectivity index (χ1v) is 19.5. The van der Waals surface area contributed by atoms with Gasteiger partial charge in [0, 0.05) is 6.10 Å². The minimum Gasteiger partial charge on any atom is -0.415 e. The Balaban J connectivity index is 1.49. The molecule has 0 spiro atoms. The fourth-order valence-corrected chi connectivity index (χ4v) is 10.9. The van der Waals surface area contributed by atoms with E-state index in [-0.39, 0.29) is 0 Å². The van der Waals surface area contributed by atoms with Gasteiger partial charge in [0.25, 0.3) is 0 Å². The van der Waals surface area contributed by atoms with E-state index in [9.17, 15) is 0 Å². The Morgan fingerprint density at radius 2 is 1.28 bits per heavy atom. The normalized spacial score (nSPS) is 48.0. The molecular formula is C25H48O2Si2. The predicted octanol–water partition coefficient (Wildman–Crippen LogP) is 7.47. The smallest absolute Gasteiger partial charge is 0.184 e. The SMILES string of the molecule is C[C@]12CC[C@@H](O[Si](C)(C)C)C[C@@H]1CC[C@@H]1[C@@H]2CC[C@]2(C)[C@@H](O[Si](C)(C)C)CC[C@@H]12. The van der Waals surface area contributed by atoms with Gasteiger partial charge in [-0.1, -0.05) is 13.8 Å². The highest BCUT2D eigenvalue weighted by molar-refractivity contribution is 6.70. The van der Waals surface area contributed by atoms with E-state index in [1.807, 2.05) is 0 Å². The first-order chi connectivity index (χ1) is 13.3. The van der Waals surface area contributed by atoms with Crippen molar-refractivity contribution in [1.29, 1.82) is 0 Å². The van der Waals surface area contributed by atoms with Crippen LogP contribution in [0.5, 0.6) is 0 Å². The zero-order valence-corrected chi connectivity index (χ0v) is 22.6. The van der Waals surface area contributed by atoms with Gasteiger partial charge in [-0.25, -0.2) is 0 Å². The Bertz CT molecular complexity index is 609. The molecule has 4 saturated carbocycles. The zero-order chi connectivity index (χ0) is 21.2. The predicted molar refractivity (Wildman–Crippen MR) is 128 cm³/mol. The Labute approximate surface area is 183 Å². The summed E-state index contributed by atoms with van der Waals surface area (Å²) in [6.07, 6.45) is 13.7. The van der Waals surface area contributed by atoms with Crippen LogP contribution in [0.25, 0.3) is 0 Å². The Hall–Kier alpha value is 0.354. The summed E-state index contributed by atoms with van der Waals surface area (Å²) >= 11 is 0. The number of hydrogen-bond acceptors (Lipinski definition) is 2. The minimum atomic E-state index is -1.47. The molecule has 4 fully saturated rings. The van der Waals surface area contributed by atoms with Crippen molar-refractivity contribution in [2.24, 2.45) is 34.5 Å². The molecule has 4 aliphatic rings. The van der Waals surface area contributed by atoms with Crippen LogP contribution >= 0.6 is 0 Å². The molecule has 0 aromatic heterocycles. The van der Waals surface area contributed by atoms with Crippen LogP contribution in [0.4, 0.5) is 0 Å². The van der Waals surface area contributed by atoms with E-state index in [0.29, 0.717) is 23.0 Å². The molecule has 8 atom stereocenters. The van der Waals surface area contributed by atoms with Crippen molar-refractivity contribution in [3.8, 4) is 0 Å². The zero-order valence-electron chi connectivity index (χ0n) is 20.6. The van der Waals surface area contributed by atoms with Crippen LogP contribution in [0.3, 0.4) is 0 Å². The molecule has 29 heavy (non-hydrogen) atoms. The first kappa shape index (κ1) is 22.5. The molecule has 0 amide bonds. The summed E-state index contributed by atoms with van der Waals surface area (Å²) in [4.78, 5) is 0. The van der Waals surface area contributed by atoms with E-state index in [4.69, 9.17) is 8.85 Å². The van der Waals surface area contributed by atoms with Crippen molar-refractivity contribution in [2.75, 3.05) is 0 Å². The summed E-state index contributed by atoms with van der Waals surface area (Å²) in [5, 5.41) is 0. The van der Waals surface area contributed by atoms with E-state index in [1.54, 1.807) is 0 Å². The highest BCUT2D eigenvalue weighted by Crippen LogP contribution is 2.66. The fraction of sp³-hybridized carbons (Fsp3) is 1.00. The minimum absolute atomic E-state index is 0.447. The summed E-state index contributed by atoms with van der Waals surface area (Å²) in [7, 11) is -2.90. The van der Waals surface area contributed by atoms with Crippen LogP contribution in [0.1, 0.15) is 71.6 Å². The molecule has 4 aliphatic carbocycles. The number of hydrogen-bond donors (Lipinski definition) is 0. The van der Waals surface area contributed by atoms with Crippen molar-refractivity contribution >= 4 is 16.6 Å². The van der Waals surface area contributed by atoms with E-state index in [1.165, 1.54) is 57.8 Å². The highest BCUT2D eigenvalue weighted by atomic mass is 28.4. The van der Waals surface area contributed by atoms with Crippen molar-refractivity contribution in [3.05, 3.63) is 0 Å². The third-order valence-electron chi connectivity index (χ3n) is 9.55. The van der Waals surface area contributed by atoms with Crippen molar-refractivity contribution in [1.82, 2.24) is 0 Å². The van der Waals surface area contributed by atoms with Crippen molar-refractivity contribution < 1.29 is 8.85 Å². The maximum absolute atomic E-state index is 6.77. The lowest BCUT2D eigenvalue weighted by atomic mass is 9.45. The highest BCUT2D eigenvalue weighted by Gasteiger charge is 2.60. The molecule has 0 unspecified atom stereocenters. The summed E-state index contributed by atoms with van der Waals surface area (Å²) in [6.45, 7) is 19.5. The van der Waals surface area contributed by atoms with Gasteiger partial charge in [-0.3, -0.25) is 0 Å². The second-order valence-electron chi connectivity index (χ2n) is 13.6. The van der Waals surface area contributed by atoms with Crippen LogP contribution in [0.15, 0.2) is 0 Å². The molecular weight excluding hydrogens is 388 g/mol. The third-order valence-corrected chi connectivity index (χ3v) is 11.6. The maximum Gasteiger partial charge on any atom is 0.184 e. The topological polar surface area (TPSA) is 18.5 Å². The van der Waals surface area contributed by atoms with Crippen LogP contribution < -0.4 is 0 Å². The van der Waals surface area contributed by atoms with Gasteiger partial charge in [0.05, 0.1) is 6.10 Å². The summed E-state index contributed by atoms with van der Waals surface area (Å²) in [6, 6.07) is 0. The molecule has 0 aromatic rings. The van der Waals surface area contributed by atoms with E-state index in [0.717, 1.165) is 23.7 Å². The van der Waals surface area contributed by atoms with Crippen LogP contribution in [0.2, 0.25) is 39.3 Å². The van der Waals surface area contributed by atoms with Gasteiger partial charge < -0.3 is 8.85 Å². The molecule has 0 heterocycles. The van der Waals surface area contributed by atoms with Gasteiger partial charge in [0.2, 0.25) is 0 Å². The lowest BCUT2D eigenvalue weighted by Gasteiger charge is -2.61. The van der Waals surface area contributed by atoms with Gasteiger partial charge in [-0.2, -0.15) is 0 Å². The van der Waals surface area contributed by atoms with Crippen LogP contribution in [0, 0.1) is 34.5 Å². The van der Waals surface area contributed by atoms with Crippen molar-refractivity contribution in [2.45, 2.75) is 123 Å². The molecule has 2 nitrogen and oxygen atoms in total. The molecule has 0 radical (unpaired) electrons. The average Bonchev–Trinajstić information content (AvgIpc) is 2.89. The number of fused-ring (bicyclic) bond motifs is 5. The molecule has 0 bridgehead atoms. The van der Waals surface area contributed by atoms with Crippen LogP contribution in [-0.2, 0) is 8.85 Å². The molecule has 168 valence electrons. The van der Waals surface area contributed by atoms with Crippen LogP contribution in [-0.4, -0.2) is 28.8 Å². The molecule has 0 saturated heterocycles. The quantitative estimate of drug-likeness (QED) is 0.425. The second-order valence-corrected chi connectivity index (χ2v) is 22.5. The van der Waals surface area contributed by atoms with Crippen molar-refractivity contribution in [3.63, 3.8) is 0 Å². The van der Waals surface area contributed by atoms with Gasteiger partial charge in [0.15, 0.2) is 16.6 Å². The Kier molecular flexibility index (Phi) is 5.79. The Morgan fingerprint density at radius 1 is 0.655 bits per heavy atom. The van der Waals surface area contributed by atoms with Gasteiger partial charge in [-0.05, 0) is 132 Å². The standard InChI is InChI=1S/C25H48O2Si2/c1-24-15-13-19(26-28(3,4)5)17-18(24)9-10-20-21-11-12-23(27-29(6,7)8)25(21,2)16-14-22(20)24/h18-23H,9-17H2,1-8H3/t18-,19+,20-,21-,22-,23-,24-,25-/m0/s1. The second kappa shape index (κ2) is 7.45. The summed E-state index contributed by atoms with van der Waals surface area (Å²) in [5.74, 6) is 3.73. The summed E-state index contributed by atoms with van der Waals surface area (Å²) < 4.78 is 13.3.